The Hall–Kier alpha value is -3.43. The van der Waals surface area contributed by atoms with Crippen LogP contribution in [0, 0.1) is 0 Å². The van der Waals surface area contributed by atoms with Gasteiger partial charge in [-0.3, -0.25) is 10.1 Å². The van der Waals surface area contributed by atoms with E-state index in [1.807, 2.05) is 42.5 Å². The summed E-state index contributed by atoms with van der Waals surface area (Å²) in [7, 11) is 0. The Morgan fingerprint density at radius 2 is 1.82 bits per heavy atom. The van der Waals surface area contributed by atoms with Crippen molar-refractivity contribution in [3.8, 4) is 22.8 Å². The molecule has 0 aliphatic carbocycles. The number of alkyl halides is 1. The number of nitrogens with zero attached hydrogens (tertiary/aromatic N) is 1. The summed E-state index contributed by atoms with van der Waals surface area (Å²) in [4.78, 5) is 15.5. The highest BCUT2D eigenvalue weighted by molar-refractivity contribution is 9.10. The maximum atomic E-state index is 11.1. The van der Waals surface area contributed by atoms with Crippen molar-refractivity contribution in [1.82, 2.24) is 10.3 Å². The molecule has 1 aromatic heterocycles. The Bertz CT molecular complexity index is 1370. The van der Waals surface area contributed by atoms with Gasteiger partial charge in [-0.05, 0) is 56.9 Å². The predicted molar refractivity (Wildman–Crippen MR) is 149 cm³/mol. The van der Waals surface area contributed by atoms with Crippen LogP contribution < -0.4 is 14.8 Å². The second-order valence-electron chi connectivity index (χ2n) is 8.37. The Morgan fingerprint density at radius 1 is 1.03 bits per heavy atom. The van der Waals surface area contributed by atoms with E-state index >= 15 is 0 Å². The van der Waals surface area contributed by atoms with Crippen molar-refractivity contribution in [3.63, 3.8) is 0 Å². The molecule has 0 saturated carbocycles. The van der Waals surface area contributed by atoms with Crippen LogP contribution in [0.4, 0.5) is 0 Å². The number of carboxylic acid groups (broad SMARTS) is 1. The molecule has 0 fully saturated rings. The topological polar surface area (TPSA) is 101 Å². The zero-order chi connectivity index (χ0) is 26.9. The van der Waals surface area contributed by atoms with Gasteiger partial charge in [-0.25, -0.2) is 4.98 Å². The first-order valence-electron chi connectivity index (χ1n) is 11.8. The number of aliphatic carboxylic acids is 1. The fourth-order valence-electron chi connectivity index (χ4n) is 3.76. The van der Waals surface area contributed by atoms with Crippen LogP contribution in [0.25, 0.3) is 11.1 Å². The Balaban J connectivity index is 1.44. The third-order valence-electron chi connectivity index (χ3n) is 5.74. The predicted octanol–water partition coefficient (Wildman–Crippen LogP) is 5.94. The van der Waals surface area contributed by atoms with E-state index in [9.17, 15) is 9.90 Å². The first-order valence-corrected chi connectivity index (χ1v) is 13.1. The molecule has 1 heterocycles. The quantitative estimate of drug-likeness (QED) is 0.174. The van der Waals surface area contributed by atoms with Crippen molar-refractivity contribution in [3.05, 3.63) is 112 Å². The number of rotatable bonds is 12. The molecule has 0 radical (unpaired) electrons. The zero-order valence-corrected chi connectivity index (χ0v) is 22.6. The summed E-state index contributed by atoms with van der Waals surface area (Å²) < 4.78 is 13.0. The highest BCUT2D eigenvalue weighted by Crippen LogP contribution is 2.34. The highest BCUT2D eigenvalue weighted by atomic mass is 79.9. The summed E-state index contributed by atoms with van der Waals surface area (Å²) in [6, 6.07) is 25.7. The minimum absolute atomic E-state index is 0.236. The third kappa shape index (κ3) is 7.11. The van der Waals surface area contributed by atoms with Gasteiger partial charge in [0.15, 0.2) is 0 Å². The zero-order valence-electron chi connectivity index (χ0n) is 20.3. The van der Waals surface area contributed by atoms with Gasteiger partial charge in [0.25, 0.3) is 0 Å². The second kappa shape index (κ2) is 13.4. The van der Waals surface area contributed by atoms with Gasteiger partial charge in [0.1, 0.15) is 18.4 Å². The summed E-state index contributed by atoms with van der Waals surface area (Å²) >= 11 is 10.4. The van der Waals surface area contributed by atoms with E-state index in [0.29, 0.717) is 17.2 Å². The molecule has 0 bridgehead atoms. The molecule has 0 aliphatic rings. The summed E-state index contributed by atoms with van der Waals surface area (Å²) in [5, 5.41) is 21.1. The lowest BCUT2D eigenvalue weighted by Gasteiger charge is -2.18. The Labute approximate surface area is 234 Å². The van der Waals surface area contributed by atoms with Crippen molar-refractivity contribution in [2.24, 2.45) is 0 Å². The van der Waals surface area contributed by atoms with Crippen molar-refractivity contribution >= 4 is 33.5 Å². The van der Waals surface area contributed by atoms with Gasteiger partial charge in [-0.2, -0.15) is 0 Å². The summed E-state index contributed by atoms with van der Waals surface area (Å²) in [5.41, 5.74) is 3.58. The molecular formula is C29H26BrClN2O5. The number of aliphatic hydroxyl groups excluding tert-OH is 1. The number of nitrogens with one attached hydrogen (secondary N) is 1. The van der Waals surface area contributed by atoms with Gasteiger partial charge in [-0.1, -0.05) is 72.3 Å². The number of benzene rings is 3. The number of aliphatic hydroxyl groups is 1. The summed E-state index contributed by atoms with van der Waals surface area (Å²) in [5.74, 6) is -0.272. The molecule has 2 unspecified atom stereocenters. The van der Waals surface area contributed by atoms with Crippen molar-refractivity contribution in [1.29, 1.82) is 0 Å². The van der Waals surface area contributed by atoms with Crippen LogP contribution in [-0.2, 0) is 17.9 Å². The molecule has 0 spiro atoms. The van der Waals surface area contributed by atoms with E-state index in [-0.39, 0.29) is 13.2 Å². The standard InChI is InChI=1S/C29H26BrClN2O5/c30-26-21(10-5-12-23(26)20-8-2-1-3-9-20)18-37-28-24(13-6-14-32-28)27(31)38-22-11-4-7-19(15-22)16-33-25(17-34)29(35)36/h1-15,25,27,33-34H,16-18H2,(H,35,36). The van der Waals surface area contributed by atoms with Gasteiger partial charge in [0.2, 0.25) is 11.4 Å². The maximum absolute atomic E-state index is 11.1. The molecule has 9 heteroatoms. The number of aromatic nitrogens is 1. The summed E-state index contributed by atoms with van der Waals surface area (Å²) in [6.45, 7) is -0.00231. The largest absolute Gasteiger partial charge is 0.480 e. The Kier molecular flexibility index (Phi) is 9.73. The molecule has 196 valence electrons. The van der Waals surface area contributed by atoms with Gasteiger partial charge in [-0.15, -0.1) is 0 Å². The smallest absolute Gasteiger partial charge is 0.323 e. The second-order valence-corrected chi connectivity index (χ2v) is 9.56. The van der Waals surface area contributed by atoms with Crippen LogP contribution in [0.5, 0.6) is 11.6 Å². The minimum atomic E-state index is -1.12. The molecular weight excluding hydrogens is 572 g/mol. The van der Waals surface area contributed by atoms with E-state index in [1.165, 1.54) is 0 Å². The normalized spacial score (nSPS) is 12.5. The van der Waals surface area contributed by atoms with Gasteiger partial charge in [0, 0.05) is 22.8 Å². The molecule has 3 N–H and O–H groups in total. The number of carbonyl (C=O) groups is 1. The van der Waals surface area contributed by atoms with E-state index in [2.05, 4.69) is 38.4 Å². The SMILES string of the molecule is O=C(O)C(CO)NCc1cccc(OC(Cl)c2cccnc2OCc2cccc(-c3ccccc3)c2Br)c1. The number of hydrogen-bond acceptors (Lipinski definition) is 6. The first kappa shape index (κ1) is 27.6. The molecule has 2 atom stereocenters. The average molecular weight is 598 g/mol. The lowest BCUT2D eigenvalue weighted by atomic mass is 10.0. The van der Waals surface area contributed by atoms with E-state index in [1.54, 1.807) is 36.5 Å². The van der Waals surface area contributed by atoms with Gasteiger partial charge >= 0.3 is 5.97 Å². The Morgan fingerprint density at radius 3 is 2.58 bits per heavy atom. The van der Waals surface area contributed by atoms with Crippen LogP contribution in [0.15, 0.2) is 95.6 Å². The van der Waals surface area contributed by atoms with Gasteiger partial charge < -0.3 is 19.7 Å². The highest BCUT2D eigenvalue weighted by Gasteiger charge is 2.19. The lowest BCUT2D eigenvalue weighted by Crippen LogP contribution is -2.39. The monoisotopic (exact) mass is 596 g/mol. The van der Waals surface area contributed by atoms with Crippen LogP contribution in [0.1, 0.15) is 22.3 Å². The fraction of sp³-hybridized carbons (Fsp3) is 0.172. The molecule has 4 aromatic rings. The van der Waals surface area contributed by atoms with Crippen LogP contribution in [0.2, 0.25) is 0 Å². The number of hydrogen-bond donors (Lipinski definition) is 3. The van der Waals surface area contributed by atoms with Crippen molar-refractivity contribution in [2.75, 3.05) is 6.61 Å². The summed E-state index contributed by atoms with van der Waals surface area (Å²) in [6.07, 6.45) is 1.63. The van der Waals surface area contributed by atoms with Gasteiger partial charge in [0.05, 0.1) is 12.2 Å². The fourth-order valence-corrected chi connectivity index (χ4v) is 4.63. The minimum Gasteiger partial charge on any atom is -0.480 e. The van der Waals surface area contributed by atoms with Crippen molar-refractivity contribution in [2.45, 2.75) is 24.8 Å². The molecule has 7 nitrogen and oxygen atoms in total. The molecule has 0 amide bonds. The number of ether oxygens (including phenoxy) is 2. The number of pyridine rings is 1. The first-order chi connectivity index (χ1) is 18.5. The lowest BCUT2D eigenvalue weighted by molar-refractivity contribution is -0.140. The third-order valence-corrected chi connectivity index (χ3v) is 7.00. The molecule has 0 saturated heterocycles. The van der Waals surface area contributed by atoms with Crippen LogP contribution in [-0.4, -0.2) is 33.8 Å². The van der Waals surface area contributed by atoms with E-state index < -0.39 is 24.2 Å². The molecule has 4 rings (SSSR count). The molecule has 3 aromatic carbocycles. The van der Waals surface area contributed by atoms with Crippen LogP contribution in [0.3, 0.4) is 0 Å². The maximum Gasteiger partial charge on any atom is 0.323 e. The molecule has 38 heavy (non-hydrogen) atoms. The van der Waals surface area contributed by atoms with E-state index in [0.717, 1.165) is 26.7 Å². The average Bonchev–Trinajstić information content (AvgIpc) is 2.93. The number of halogens is 2. The van der Waals surface area contributed by atoms with Crippen molar-refractivity contribution < 1.29 is 24.5 Å². The molecule has 0 aliphatic heterocycles. The number of carboxylic acids is 1. The van der Waals surface area contributed by atoms with Crippen LogP contribution >= 0.6 is 27.5 Å². The van der Waals surface area contributed by atoms with E-state index in [4.69, 9.17) is 26.2 Å².